The molecule has 0 radical (unpaired) electrons. The molecular formula is C13H18N4. The molecule has 1 heterocycles. The normalized spacial score (nSPS) is 12.4. The fourth-order valence-corrected chi connectivity index (χ4v) is 1.77. The predicted molar refractivity (Wildman–Crippen MR) is 70.9 cm³/mol. The second-order valence-corrected chi connectivity index (χ2v) is 4.38. The highest BCUT2D eigenvalue weighted by Crippen LogP contribution is 2.17. The van der Waals surface area contributed by atoms with Crippen LogP contribution in [0.1, 0.15) is 12.5 Å². The number of imidazole rings is 1. The van der Waals surface area contributed by atoms with Crippen molar-refractivity contribution in [2.24, 2.45) is 0 Å². The number of hydrogen-bond donors (Lipinski definition) is 2. The summed E-state index contributed by atoms with van der Waals surface area (Å²) in [6.07, 6.45) is 5.57. The molecule has 1 unspecified atom stereocenters. The van der Waals surface area contributed by atoms with Crippen molar-refractivity contribution in [2.45, 2.75) is 26.4 Å². The monoisotopic (exact) mass is 230 g/mol. The van der Waals surface area contributed by atoms with Crippen LogP contribution in [-0.4, -0.2) is 15.6 Å². The summed E-state index contributed by atoms with van der Waals surface area (Å²) >= 11 is 0. The van der Waals surface area contributed by atoms with Gasteiger partial charge in [-0.05, 0) is 31.5 Å². The lowest BCUT2D eigenvalue weighted by Gasteiger charge is -2.16. The molecule has 2 rings (SSSR count). The predicted octanol–water partition coefficient (Wildman–Crippen LogP) is 2.27. The molecule has 1 aromatic carbocycles. The molecule has 0 fully saturated rings. The van der Waals surface area contributed by atoms with E-state index in [4.69, 9.17) is 5.73 Å². The van der Waals surface area contributed by atoms with Crippen molar-refractivity contribution in [1.82, 2.24) is 9.55 Å². The van der Waals surface area contributed by atoms with E-state index in [1.165, 1.54) is 0 Å². The molecule has 0 bridgehead atoms. The van der Waals surface area contributed by atoms with Crippen LogP contribution in [0.4, 0.5) is 11.4 Å². The van der Waals surface area contributed by atoms with Gasteiger partial charge < -0.3 is 15.6 Å². The number of benzene rings is 1. The van der Waals surface area contributed by atoms with E-state index in [2.05, 4.69) is 27.9 Å². The van der Waals surface area contributed by atoms with Crippen LogP contribution in [0.3, 0.4) is 0 Å². The Bertz CT molecular complexity index is 476. The van der Waals surface area contributed by atoms with Crippen LogP contribution in [0.25, 0.3) is 0 Å². The van der Waals surface area contributed by atoms with Gasteiger partial charge in [0.25, 0.3) is 0 Å². The first-order valence-electron chi connectivity index (χ1n) is 5.73. The third-order valence-electron chi connectivity index (χ3n) is 2.74. The number of nitrogen functional groups attached to an aromatic ring is 1. The van der Waals surface area contributed by atoms with Gasteiger partial charge in [-0.15, -0.1) is 0 Å². The summed E-state index contributed by atoms with van der Waals surface area (Å²) in [6, 6.07) is 6.38. The van der Waals surface area contributed by atoms with Crippen LogP contribution in [0.15, 0.2) is 36.9 Å². The van der Waals surface area contributed by atoms with Gasteiger partial charge in [0, 0.05) is 36.4 Å². The first kappa shape index (κ1) is 11.5. The third-order valence-corrected chi connectivity index (χ3v) is 2.74. The van der Waals surface area contributed by atoms with Crippen LogP contribution >= 0.6 is 0 Å². The molecule has 0 saturated heterocycles. The summed E-state index contributed by atoms with van der Waals surface area (Å²) < 4.78 is 2.05. The molecule has 0 amide bonds. The maximum Gasteiger partial charge on any atom is 0.0946 e. The second kappa shape index (κ2) is 4.91. The summed E-state index contributed by atoms with van der Waals surface area (Å²) in [4.78, 5) is 4.02. The molecule has 1 aromatic heterocycles. The van der Waals surface area contributed by atoms with Crippen molar-refractivity contribution in [2.75, 3.05) is 11.1 Å². The van der Waals surface area contributed by atoms with Crippen LogP contribution in [0.5, 0.6) is 0 Å². The Hall–Kier alpha value is -1.97. The maximum absolute atomic E-state index is 5.88. The molecule has 2 aromatic rings. The number of nitrogens with zero attached hydrogens (tertiary/aromatic N) is 2. The summed E-state index contributed by atoms with van der Waals surface area (Å²) in [6.45, 7) is 5.03. The summed E-state index contributed by atoms with van der Waals surface area (Å²) in [7, 11) is 0. The molecule has 0 aliphatic carbocycles. The SMILES string of the molecule is Cc1ccc(NC(C)Cn2ccnc2)cc1N. The average Bonchev–Trinajstić information content (AvgIpc) is 2.76. The van der Waals surface area contributed by atoms with Crippen LogP contribution < -0.4 is 11.1 Å². The molecule has 17 heavy (non-hydrogen) atoms. The van der Waals surface area contributed by atoms with E-state index in [9.17, 15) is 0 Å². The van der Waals surface area contributed by atoms with Gasteiger partial charge in [-0.1, -0.05) is 6.07 Å². The molecule has 1 atom stereocenters. The van der Waals surface area contributed by atoms with E-state index in [0.29, 0.717) is 6.04 Å². The van der Waals surface area contributed by atoms with Gasteiger partial charge in [0.15, 0.2) is 0 Å². The first-order valence-corrected chi connectivity index (χ1v) is 5.73. The Balaban J connectivity index is 1.98. The summed E-state index contributed by atoms with van der Waals surface area (Å²) in [5, 5.41) is 3.42. The standard InChI is InChI=1S/C13H18N4/c1-10-3-4-12(7-13(10)14)16-11(2)8-17-6-5-15-9-17/h3-7,9,11,16H,8,14H2,1-2H3. The molecule has 4 heteroatoms. The van der Waals surface area contributed by atoms with E-state index >= 15 is 0 Å². The van der Waals surface area contributed by atoms with Gasteiger partial charge >= 0.3 is 0 Å². The minimum absolute atomic E-state index is 0.325. The minimum Gasteiger partial charge on any atom is -0.398 e. The largest absolute Gasteiger partial charge is 0.398 e. The number of nitrogens with two attached hydrogens (primary N) is 1. The number of hydrogen-bond acceptors (Lipinski definition) is 3. The second-order valence-electron chi connectivity index (χ2n) is 4.38. The number of rotatable bonds is 4. The van der Waals surface area contributed by atoms with Crippen LogP contribution in [0.2, 0.25) is 0 Å². The zero-order valence-electron chi connectivity index (χ0n) is 10.2. The third kappa shape index (κ3) is 3.00. The molecule has 0 aliphatic rings. The number of nitrogens with one attached hydrogen (secondary N) is 1. The Labute approximate surface area is 101 Å². The molecule has 4 nitrogen and oxygen atoms in total. The van der Waals surface area contributed by atoms with Gasteiger partial charge in [-0.25, -0.2) is 4.98 Å². The molecule has 0 aliphatic heterocycles. The van der Waals surface area contributed by atoms with Gasteiger partial charge in [0.1, 0.15) is 0 Å². The van der Waals surface area contributed by atoms with Crippen molar-refractivity contribution in [1.29, 1.82) is 0 Å². The Morgan fingerprint density at radius 3 is 2.94 bits per heavy atom. The van der Waals surface area contributed by atoms with Gasteiger partial charge in [0.05, 0.1) is 6.33 Å². The first-order chi connectivity index (χ1) is 8.15. The zero-order chi connectivity index (χ0) is 12.3. The summed E-state index contributed by atoms with van der Waals surface area (Å²) in [5.74, 6) is 0. The fourth-order valence-electron chi connectivity index (χ4n) is 1.77. The van der Waals surface area contributed by atoms with Crippen molar-refractivity contribution in [3.63, 3.8) is 0 Å². The molecule has 3 N–H and O–H groups in total. The van der Waals surface area contributed by atoms with Crippen LogP contribution in [0, 0.1) is 6.92 Å². The number of anilines is 2. The van der Waals surface area contributed by atoms with Gasteiger partial charge in [0.2, 0.25) is 0 Å². The van der Waals surface area contributed by atoms with Crippen LogP contribution in [-0.2, 0) is 6.54 Å². The topological polar surface area (TPSA) is 55.9 Å². The highest BCUT2D eigenvalue weighted by molar-refractivity contribution is 5.58. The highest BCUT2D eigenvalue weighted by Gasteiger charge is 2.03. The van der Waals surface area contributed by atoms with Crippen molar-refractivity contribution in [3.8, 4) is 0 Å². The Morgan fingerprint density at radius 1 is 1.47 bits per heavy atom. The molecule has 90 valence electrons. The lowest BCUT2D eigenvalue weighted by molar-refractivity contribution is 0.619. The van der Waals surface area contributed by atoms with E-state index in [-0.39, 0.29) is 0 Å². The molecular weight excluding hydrogens is 212 g/mol. The lowest BCUT2D eigenvalue weighted by atomic mass is 10.2. The molecule has 0 saturated carbocycles. The fraction of sp³-hybridized carbons (Fsp3) is 0.308. The Kier molecular flexibility index (Phi) is 3.32. The minimum atomic E-state index is 0.325. The van der Waals surface area contributed by atoms with Crippen molar-refractivity contribution >= 4 is 11.4 Å². The van der Waals surface area contributed by atoms with Gasteiger partial charge in [-0.3, -0.25) is 0 Å². The quantitative estimate of drug-likeness (QED) is 0.792. The van der Waals surface area contributed by atoms with E-state index in [0.717, 1.165) is 23.5 Å². The number of aryl methyl sites for hydroxylation is 1. The van der Waals surface area contributed by atoms with Crippen molar-refractivity contribution in [3.05, 3.63) is 42.5 Å². The van der Waals surface area contributed by atoms with E-state index in [1.54, 1.807) is 6.20 Å². The van der Waals surface area contributed by atoms with E-state index in [1.807, 2.05) is 31.6 Å². The number of aromatic nitrogens is 2. The zero-order valence-corrected chi connectivity index (χ0v) is 10.2. The van der Waals surface area contributed by atoms with E-state index < -0.39 is 0 Å². The van der Waals surface area contributed by atoms with Gasteiger partial charge in [-0.2, -0.15) is 0 Å². The average molecular weight is 230 g/mol. The lowest BCUT2D eigenvalue weighted by Crippen LogP contribution is -2.21. The van der Waals surface area contributed by atoms with Crippen molar-refractivity contribution < 1.29 is 0 Å². The highest BCUT2D eigenvalue weighted by atomic mass is 15.1. The molecule has 0 spiro atoms. The smallest absolute Gasteiger partial charge is 0.0946 e. The Morgan fingerprint density at radius 2 is 2.29 bits per heavy atom. The maximum atomic E-state index is 5.88. The summed E-state index contributed by atoms with van der Waals surface area (Å²) in [5.41, 5.74) is 8.87.